The highest BCUT2D eigenvalue weighted by molar-refractivity contribution is 14.0. The molecule has 1 aromatic carbocycles. The third kappa shape index (κ3) is 10.5. The van der Waals surface area contributed by atoms with Gasteiger partial charge in [0.05, 0.1) is 13.7 Å². The van der Waals surface area contributed by atoms with Crippen molar-refractivity contribution < 1.29 is 9.47 Å². The van der Waals surface area contributed by atoms with Gasteiger partial charge in [-0.2, -0.15) is 0 Å². The highest BCUT2D eigenvalue weighted by atomic mass is 127. The van der Waals surface area contributed by atoms with Crippen LogP contribution in [0.5, 0.6) is 5.75 Å². The van der Waals surface area contributed by atoms with Gasteiger partial charge >= 0.3 is 0 Å². The minimum absolute atomic E-state index is 0. The first-order valence-corrected chi connectivity index (χ1v) is 9.77. The van der Waals surface area contributed by atoms with Gasteiger partial charge in [0.25, 0.3) is 0 Å². The van der Waals surface area contributed by atoms with E-state index in [4.69, 9.17) is 14.5 Å². The second-order valence-corrected chi connectivity index (χ2v) is 7.38. The van der Waals surface area contributed by atoms with Crippen molar-refractivity contribution in [3.05, 3.63) is 29.8 Å². The first-order chi connectivity index (χ1) is 12.9. The molecular weight excluding hydrogens is 467 g/mol. The smallest absolute Gasteiger partial charge is 0.191 e. The Morgan fingerprint density at radius 3 is 2.36 bits per heavy atom. The molecule has 162 valence electrons. The minimum atomic E-state index is -0.0500. The van der Waals surface area contributed by atoms with E-state index in [0.717, 1.165) is 50.9 Å². The molecule has 0 saturated heterocycles. The van der Waals surface area contributed by atoms with Crippen molar-refractivity contribution in [2.45, 2.75) is 32.6 Å². The van der Waals surface area contributed by atoms with Gasteiger partial charge in [-0.3, -0.25) is 4.99 Å². The zero-order valence-corrected chi connectivity index (χ0v) is 20.7. The average molecular weight is 506 g/mol. The molecule has 0 aromatic heterocycles. The summed E-state index contributed by atoms with van der Waals surface area (Å²) in [5.74, 6) is 1.74. The summed E-state index contributed by atoms with van der Waals surface area (Å²) in [7, 11) is 5.57. The Kier molecular flexibility index (Phi) is 14.3. The van der Waals surface area contributed by atoms with Crippen LogP contribution in [0.3, 0.4) is 0 Å². The predicted octanol–water partition coefficient (Wildman–Crippen LogP) is 3.11. The lowest BCUT2D eigenvalue weighted by Gasteiger charge is -2.24. The Hall–Kier alpha value is -1.06. The normalized spacial score (nSPS) is 11.9. The van der Waals surface area contributed by atoms with Gasteiger partial charge in [0.15, 0.2) is 5.96 Å². The van der Waals surface area contributed by atoms with Gasteiger partial charge in [0.1, 0.15) is 5.75 Å². The Morgan fingerprint density at radius 1 is 1.11 bits per heavy atom. The Labute approximate surface area is 188 Å². The van der Waals surface area contributed by atoms with Crippen LogP contribution in [0.4, 0.5) is 0 Å². The molecular formula is C21H39IN4O2. The van der Waals surface area contributed by atoms with Gasteiger partial charge in [0.2, 0.25) is 0 Å². The van der Waals surface area contributed by atoms with Gasteiger partial charge < -0.3 is 25.0 Å². The monoisotopic (exact) mass is 506 g/mol. The molecule has 0 aliphatic heterocycles. The van der Waals surface area contributed by atoms with E-state index < -0.39 is 0 Å². The molecule has 6 nitrogen and oxygen atoms in total. The van der Waals surface area contributed by atoms with Crippen LogP contribution in [0.15, 0.2) is 29.3 Å². The number of nitrogens with one attached hydrogen (secondary N) is 2. The number of benzene rings is 1. The number of nitrogens with zero attached hydrogens (tertiary/aromatic N) is 2. The van der Waals surface area contributed by atoms with Crippen LogP contribution < -0.4 is 15.4 Å². The second kappa shape index (κ2) is 14.9. The van der Waals surface area contributed by atoms with E-state index >= 15 is 0 Å². The first kappa shape index (κ1) is 26.9. The summed E-state index contributed by atoms with van der Waals surface area (Å²) in [5.41, 5.74) is 1.20. The summed E-state index contributed by atoms with van der Waals surface area (Å²) in [6.07, 6.45) is 1.05. The number of aliphatic imine (C=N–C) groups is 1. The first-order valence-electron chi connectivity index (χ1n) is 9.77. The number of hydrogen-bond donors (Lipinski definition) is 2. The summed E-state index contributed by atoms with van der Waals surface area (Å²) in [4.78, 5) is 7.10. The largest absolute Gasteiger partial charge is 0.497 e. The van der Waals surface area contributed by atoms with Crippen LogP contribution in [0.1, 0.15) is 32.8 Å². The summed E-state index contributed by atoms with van der Waals surface area (Å²) in [6.45, 7) is 11.7. The molecule has 28 heavy (non-hydrogen) atoms. The van der Waals surface area contributed by atoms with Gasteiger partial charge in [-0.25, -0.2) is 0 Å². The van der Waals surface area contributed by atoms with Crippen LogP contribution in [0, 0.1) is 0 Å². The second-order valence-electron chi connectivity index (χ2n) is 7.38. The molecule has 0 atom stereocenters. The van der Waals surface area contributed by atoms with Crippen molar-refractivity contribution in [2.75, 3.05) is 60.6 Å². The zero-order valence-electron chi connectivity index (χ0n) is 18.4. The molecule has 0 bridgehead atoms. The lowest BCUT2D eigenvalue weighted by Crippen LogP contribution is -2.42. The maximum atomic E-state index is 5.25. The Morgan fingerprint density at radius 2 is 1.79 bits per heavy atom. The van der Waals surface area contributed by atoms with Gasteiger partial charge in [-0.1, -0.05) is 26.0 Å². The minimum Gasteiger partial charge on any atom is -0.497 e. The fourth-order valence-corrected chi connectivity index (χ4v) is 2.71. The van der Waals surface area contributed by atoms with Gasteiger partial charge in [-0.15, -0.1) is 24.0 Å². The zero-order chi connectivity index (χ0) is 20.1. The quantitative estimate of drug-likeness (QED) is 0.198. The number of hydrogen-bond acceptors (Lipinski definition) is 4. The van der Waals surface area contributed by atoms with E-state index in [-0.39, 0.29) is 29.4 Å². The van der Waals surface area contributed by atoms with E-state index in [1.807, 2.05) is 12.1 Å². The lowest BCUT2D eigenvalue weighted by molar-refractivity contribution is 0.180. The molecule has 0 heterocycles. The van der Waals surface area contributed by atoms with Crippen molar-refractivity contribution >= 4 is 29.9 Å². The van der Waals surface area contributed by atoms with Crippen LogP contribution >= 0.6 is 24.0 Å². The van der Waals surface area contributed by atoms with E-state index in [1.165, 1.54) is 5.56 Å². The molecule has 1 aromatic rings. The fourth-order valence-electron chi connectivity index (χ4n) is 2.71. The molecule has 0 amide bonds. The molecule has 0 radical (unpaired) electrons. The fraction of sp³-hybridized carbons (Fsp3) is 0.667. The standard InChI is InChI=1S/C21H38N4O2.HI/c1-7-22-20(23-13-15-25(4)14-8-16-26-5)24-17-21(2,3)18-9-11-19(27-6)12-10-18;/h9-12H,7-8,13-17H2,1-6H3,(H2,22,23,24);1H. The summed E-state index contributed by atoms with van der Waals surface area (Å²) < 4.78 is 10.3. The number of rotatable bonds is 12. The maximum absolute atomic E-state index is 5.25. The number of methoxy groups -OCH3 is 2. The summed E-state index contributed by atoms with van der Waals surface area (Å²) in [6, 6.07) is 8.24. The molecule has 0 saturated carbocycles. The average Bonchev–Trinajstić information content (AvgIpc) is 2.66. The molecule has 0 fully saturated rings. The summed E-state index contributed by atoms with van der Waals surface area (Å²) in [5, 5.41) is 6.76. The van der Waals surface area contributed by atoms with Crippen molar-refractivity contribution in [3.8, 4) is 5.75 Å². The van der Waals surface area contributed by atoms with E-state index in [2.05, 4.69) is 55.5 Å². The van der Waals surface area contributed by atoms with Crippen LogP contribution in [-0.4, -0.2) is 71.5 Å². The molecule has 0 aliphatic rings. The molecule has 0 unspecified atom stereocenters. The van der Waals surface area contributed by atoms with Gasteiger partial charge in [-0.05, 0) is 38.1 Å². The highest BCUT2D eigenvalue weighted by Crippen LogP contribution is 2.25. The Bertz CT molecular complexity index is 550. The van der Waals surface area contributed by atoms with Gasteiger partial charge in [0, 0.05) is 45.3 Å². The summed E-state index contributed by atoms with van der Waals surface area (Å²) >= 11 is 0. The predicted molar refractivity (Wildman–Crippen MR) is 129 cm³/mol. The third-order valence-electron chi connectivity index (χ3n) is 4.52. The molecule has 0 aliphatic carbocycles. The number of halogens is 1. The van der Waals surface area contributed by atoms with E-state index in [9.17, 15) is 0 Å². The highest BCUT2D eigenvalue weighted by Gasteiger charge is 2.20. The number of ether oxygens (including phenoxy) is 2. The van der Waals surface area contributed by atoms with Crippen molar-refractivity contribution in [3.63, 3.8) is 0 Å². The number of likely N-dealkylation sites (N-methyl/N-ethyl adjacent to an activating group) is 1. The van der Waals surface area contributed by atoms with E-state index in [0.29, 0.717) is 6.54 Å². The lowest BCUT2D eigenvalue weighted by atomic mass is 9.85. The third-order valence-corrected chi connectivity index (χ3v) is 4.52. The van der Waals surface area contributed by atoms with Crippen LogP contribution in [0.25, 0.3) is 0 Å². The SMILES string of the molecule is CCNC(=NCC(C)(C)c1ccc(OC)cc1)NCCN(C)CCCOC.I. The molecule has 2 N–H and O–H groups in total. The van der Waals surface area contributed by atoms with Crippen LogP contribution in [-0.2, 0) is 10.2 Å². The van der Waals surface area contributed by atoms with Crippen LogP contribution in [0.2, 0.25) is 0 Å². The van der Waals surface area contributed by atoms with Crippen molar-refractivity contribution in [2.24, 2.45) is 4.99 Å². The molecule has 1 rings (SSSR count). The molecule has 7 heteroatoms. The molecule has 0 spiro atoms. The van der Waals surface area contributed by atoms with E-state index in [1.54, 1.807) is 14.2 Å². The van der Waals surface area contributed by atoms with Crippen molar-refractivity contribution in [1.82, 2.24) is 15.5 Å². The number of guanidine groups is 1. The van der Waals surface area contributed by atoms with Crippen molar-refractivity contribution in [1.29, 1.82) is 0 Å². The topological polar surface area (TPSA) is 58.1 Å². The maximum Gasteiger partial charge on any atom is 0.191 e. The Balaban J connectivity index is 0.00000729.